The average molecular weight is 175 g/mol. The lowest BCUT2D eigenvalue weighted by molar-refractivity contribution is 0.281. The summed E-state index contributed by atoms with van der Waals surface area (Å²) >= 11 is 0. The smallest absolute Gasteiger partial charge is 0.0697 e. The van der Waals surface area contributed by atoms with E-state index in [1.165, 1.54) is 0 Å². The van der Waals surface area contributed by atoms with Gasteiger partial charge in [0.25, 0.3) is 0 Å². The van der Waals surface area contributed by atoms with Crippen molar-refractivity contribution in [1.29, 1.82) is 0 Å². The van der Waals surface area contributed by atoms with E-state index in [0.717, 1.165) is 11.3 Å². The molecule has 1 aromatic heterocycles. The fourth-order valence-electron chi connectivity index (χ4n) is 0.682. The van der Waals surface area contributed by atoms with Crippen molar-refractivity contribution in [2.45, 2.75) is 13.5 Å². The van der Waals surface area contributed by atoms with Crippen molar-refractivity contribution < 1.29 is 5.11 Å². The van der Waals surface area contributed by atoms with Gasteiger partial charge in [-0.1, -0.05) is 0 Å². The van der Waals surface area contributed by atoms with Crippen LogP contribution in [0.25, 0.3) is 0 Å². The summed E-state index contributed by atoms with van der Waals surface area (Å²) in [5, 5.41) is 8.66. The Hall–Kier alpha value is -0.800. The Labute approximate surface area is 71.7 Å². The Morgan fingerprint density at radius 2 is 2.27 bits per heavy atom. The van der Waals surface area contributed by atoms with E-state index < -0.39 is 0 Å². The van der Waals surface area contributed by atoms with E-state index in [1.807, 2.05) is 6.92 Å². The topological polar surface area (TPSA) is 59.1 Å². The molecule has 1 rings (SSSR count). The first-order chi connectivity index (χ1) is 4.74. The molecule has 0 bridgehead atoms. The number of aromatic nitrogens is 1. The van der Waals surface area contributed by atoms with Crippen molar-refractivity contribution >= 4 is 18.1 Å². The molecule has 0 radical (unpaired) electrons. The number of aliphatic hydroxyl groups is 1. The molecule has 62 valence electrons. The minimum Gasteiger partial charge on any atom is -0.397 e. The average Bonchev–Trinajstić information content (AvgIpc) is 1.95. The third-order valence-electron chi connectivity index (χ3n) is 1.37. The van der Waals surface area contributed by atoms with Gasteiger partial charge in [-0.25, -0.2) is 0 Å². The van der Waals surface area contributed by atoms with Gasteiger partial charge in [0.15, 0.2) is 0 Å². The first-order valence-electron chi connectivity index (χ1n) is 3.06. The standard InChI is InChI=1S/C7H10N2O.ClH/c1-5-7(8)2-6(4-10)3-9-5;/h2-3,10H,4,8H2,1H3;1H. The van der Waals surface area contributed by atoms with Crippen molar-refractivity contribution in [2.75, 3.05) is 5.73 Å². The molecule has 1 heterocycles. The molecule has 0 saturated carbocycles. The van der Waals surface area contributed by atoms with Crippen molar-refractivity contribution in [3.05, 3.63) is 23.5 Å². The molecule has 0 aromatic carbocycles. The Bertz CT molecular complexity index is 240. The maximum absolute atomic E-state index is 8.66. The number of aryl methyl sites for hydroxylation is 1. The number of nitrogens with two attached hydrogens (primary N) is 1. The summed E-state index contributed by atoms with van der Waals surface area (Å²) in [5.41, 5.74) is 7.71. The van der Waals surface area contributed by atoms with Crippen molar-refractivity contribution in [1.82, 2.24) is 4.98 Å². The van der Waals surface area contributed by atoms with Crippen LogP contribution in [-0.2, 0) is 6.61 Å². The molecule has 0 amide bonds. The minimum atomic E-state index is -0.00250. The molecule has 0 saturated heterocycles. The zero-order valence-corrected chi connectivity index (χ0v) is 7.06. The molecule has 1 aromatic rings. The van der Waals surface area contributed by atoms with Crippen LogP contribution in [0.1, 0.15) is 11.3 Å². The number of anilines is 1. The van der Waals surface area contributed by atoms with Gasteiger partial charge in [-0.05, 0) is 18.6 Å². The van der Waals surface area contributed by atoms with Crippen LogP contribution in [0.5, 0.6) is 0 Å². The van der Waals surface area contributed by atoms with Gasteiger partial charge in [0, 0.05) is 6.20 Å². The van der Waals surface area contributed by atoms with Crippen LogP contribution in [0.2, 0.25) is 0 Å². The molecule has 0 aliphatic carbocycles. The maximum Gasteiger partial charge on any atom is 0.0697 e. The summed E-state index contributed by atoms with van der Waals surface area (Å²) in [7, 11) is 0. The molecule has 0 aliphatic rings. The van der Waals surface area contributed by atoms with Crippen molar-refractivity contribution in [3.63, 3.8) is 0 Å². The van der Waals surface area contributed by atoms with Crippen LogP contribution in [-0.4, -0.2) is 10.1 Å². The fraction of sp³-hybridized carbons (Fsp3) is 0.286. The highest BCUT2D eigenvalue weighted by Crippen LogP contribution is 2.08. The number of hydrogen-bond donors (Lipinski definition) is 2. The van der Waals surface area contributed by atoms with Crippen LogP contribution >= 0.6 is 12.4 Å². The number of nitrogens with zero attached hydrogens (tertiary/aromatic N) is 1. The molecule has 3 nitrogen and oxygen atoms in total. The second-order valence-corrected chi connectivity index (χ2v) is 2.18. The van der Waals surface area contributed by atoms with Crippen LogP contribution in [0.4, 0.5) is 5.69 Å². The van der Waals surface area contributed by atoms with Crippen LogP contribution in [0, 0.1) is 6.92 Å². The molecule has 0 spiro atoms. The number of pyridine rings is 1. The second kappa shape index (κ2) is 4.16. The monoisotopic (exact) mass is 174 g/mol. The Morgan fingerprint density at radius 3 is 2.73 bits per heavy atom. The van der Waals surface area contributed by atoms with Gasteiger partial charge in [0.2, 0.25) is 0 Å². The van der Waals surface area contributed by atoms with E-state index in [4.69, 9.17) is 10.8 Å². The van der Waals surface area contributed by atoms with Gasteiger partial charge in [0.05, 0.1) is 18.0 Å². The number of aliphatic hydroxyl groups excluding tert-OH is 1. The molecule has 0 aliphatic heterocycles. The molecule has 4 heteroatoms. The van der Waals surface area contributed by atoms with E-state index >= 15 is 0 Å². The lowest BCUT2D eigenvalue weighted by Gasteiger charge is -1.99. The zero-order valence-electron chi connectivity index (χ0n) is 6.24. The van der Waals surface area contributed by atoms with Gasteiger partial charge in [-0.3, -0.25) is 4.98 Å². The molecule has 0 atom stereocenters. The van der Waals surface area contributed by atoms with Crippen LogP contribution < -0.4 is 5.73 Å². The SMILES string of the molecule is Cc1ncc(CO)cc1N.Cl. The summed E-state index contributed by atoms with van der Waals surface area (Å²) in [6.45, 7) is 1.83. The summed E-state index contributed by atoms with van der Waals surface area (Å²) in [6, 6.07) is 1.72. The third-order valence-corrected chi connectivity index (χ3v) is 1.37. The normalized spacial score (nSPS) is 8.91. The highest BCUT2D eigenvalue weighted by molar-refractivity contribution is 5.85. The highest BCUT2D eigenvalue weighted by Gasteiger charge is 1.94. The maximum atomic E-state index is 8.66. The molecular weight excluding hydrogens is 164 g/mol. The lowest BCUT2D eigenvalue weighted by Crippen LogP contribution is -1.95. The van der Waals surface area contributed by atoms with Crippen molar-refractivity contribution in [3.8, 4) is 0 Å². The predicted molar refractivity (Wildman–Crippen MR) is 46.6 cm³/mol. The van der Waals surface area contributed by atoms with E-state index in [0.29, 0.717) is 5.69 Å². The third kappa shape index (κ3) is 2.37. The zero-order chi connectivity index (χ0) is 7.56. The summed E-state index contributed by atoms with van der Waals surface area (Å²) in [6.07, 6.45) is 1.62. The fourth-order valence-corrected chi connectivity index (χ4v) is 0.682. The van der Waals surface area contributed by atoms with Gasteiger partial charge in [-0.2, -0.15) is 0 Å². The molecule has 0 fully saturated rings. The highest BCUT2D eigenvalue weighted by atomic mass is 35.5. The van der Waals surface area contributed by atoms with E-state index in [2.05, 4.69) is 4.98 Å². The molecule has 0 unspecified atom stereocenters. The Kier molecular flexibility index (Phi) is 3.85. The largest absolute Gasteiger partial charge is 0.397 e. The first-order valence-corrected chi connectivity index (χ1v) is 3.06. The van der Waals surface area contributed by atoms with Gasteiger partial charge < -0.3 is 10.8 Å². The summed E-state index contributed by atoms with van der Waals surface area (Å²) < 4.78 is 0. The number of hydrogen-bond acceptors (Lipinski definition) is 3. The van der Waals surface area contributed by atoms with Crippen molar-refractivity contribution in [2.24, 2.45) is 0 Å². The first kappa shape index (κ1) is 10.2. The summed E-state index contributed by atoms with van der Waals surface area (Å²) in [4.78, 5) is 3.96. The molecule has 3 N–H and O–H groups in total. The lowest BCUT2D eigenvalue weighted by atomic mass is 10.2. The van der Waals surface area contributed by atoms with E-state index in [-0.39, 0.29) is 19.0 Å². The second-order valence-electron chi connectivity index (χ2n) is 2.18. The number of halogens is 1. The predicted octanol–water partition coefficient (Wildman–Crippen LogP) is 0.886. The molecule has 11 heavy (non-hydrogen) atoms. The minimum absolute atomic E-state index is 0. The Balaban J connectivity index is 0.000001000. The van der Waals surface area contributed by atoms with Gasteiger partial charge in [0.1, 0.15) is 0 Å². The quantitative estimate of drug-likeness (QED) is 0.665. The van der Waals surface area contributed by atoms with E-state index in [1.54, 1.807) is 12.3 Å². The number of rotatable bonds is 1. The van der Waals surface area contributed by atoms with Crippen LogP contribution in [0.3, 0.4) is 0 Å². The summed E-state index contributed by atoms with van der Waals surface area (Å²) in [5.74, 6) is 0. The van der Waals surface area contributed by atoms with Crippen LogP contribution in [0.15, 0.2) is 12.3 Å². The van der Waals surface area contributed by atoms with Gasteiger partial charge in [-0.15, -0.1) is 12.4 Å². The number of nitrogen functional groups attached to an aromatic ring is 1. The van der Waals surface area contributed by atoms with E-state index in [9.17, 15) is 0 Å². The Morgan fingerprint density at radius 1 is 1.64 bits per heavy atom. The van der Waals surface area contributed by atoms with Gasteiger partial charge >= 0.3 is 0 Å². The molecular formula is C7H11ClN2O.